The summed E-state index contributed by atoms with van der Waals surface area (Å²) < 4.78 is 51.4. The zero-order valence-electron chi connectivity index (χ0n) is 31.6. The second-order valence-electron chi connectivity index (χ2n) is 14.6. The molecule has 0 unspecified atom stereocenters. The van der Waals surface area contributed by atoms with E-state index in [2.05, 4.69) is 13.2 Å². The van der Waals surface area contributed by atoms with E-state index in [0.29, 0.717) is 11.1 Å². The number of benzene rings is 3. The third-order valence-corrected chi connectivity index (χ3v) is 9.02. The molecule has 0 N–H and O–H groups in total. The Morgan fingerprint density at radius 3 is 1.89 bits per heavy atom. The fourth-order valence-corrected chi connectivity index (χ4v) is 6.51. The summed E-state index contributed by atoms with van der Waals surface area (Å²) in [4.78, 5) is 58.8. The Balaban J connectivity index is 1.64. The lowest BCUT2D eigenvalue weighted by molar-refractivity contribution is -0.159. The number of nitrogens with zero attached hydrogens (tertiary/aromatic N) is 3. The number of ether oxygens (including phenoxy) is 2. The number of esters is 1. The fraction of sp³-hybridized carbons (Fsp3) is 0.381. The third-order valence-electron chi connectivity index (χ3n) is 9.02. The van der Waals surface area contributed by atoms with Crippen LogP contribution in [0.4, 0.5) is 18.0 Å². The molecule has 54 heavy (non-hydrogen) atoms. The molecule has 0 radical (unpaired) electrons. The zero-order chi connectivity index (χ0) is 40.0. The van der Waals surface area contributed by atoms with E-state index in [9.17, 15) is 32.3 Å². The van der Waals surface area contributed by atoms with Gasteiger partial charge in [-0.15, -0.1) is 6.58 Å². The van der Waals surface area contributed by atoms with Gasteiger partial charge in [-0.1, -0.05) is 78.9 Å². The van der Waals surface area contributed by atoms with Gasteiger partial charge in [0, 0.05) is 33.0 Å². The van der Waals surface area contributed by atoms with Crippen LogP contribution in [0.3, 0.4) is 0 Å². The number of hydrogen-bond acceptors (Lipinski definition) is 6. The highest BCUT2D eigenvalue weighted by Gasteiger charge is 2.39. The van der Waals surface area contributed by atoms with Crippen molar-refractivity contribution in [2.24, 2.45) is 0 Å². The van der Waals surface area contributed by atoms with Crippen molar-refractivity contribution < 1.29 is 41.8 Å². The molecule has 0 aromatic heterocycles. The lowest BCUT2D eigenvalue weighted by Gasteiger charge is -2.37. The third kappa shape index (κ3) is 10.2. The molecule has 12 heteroatoms. The van der Waals surface area contributed by atoms with E-state index in [0.717, 1.165) is 44.2 Å². The molecule has 288 valence electrons. The Bertz CT molecular complexity index is 1820. The first-order valence-corrected chi connectivity index (χ1v) is 17.6. The Labute approximate surface area is 315 Å². The number of rotatable bonds is 14. The van der Waals surface area contributed by atoms with E-state index in [-0.39, 0.29) is 31.9 Å². The summed E-state index contributed by atoms with van der Waals surface area (Å²) in [6.07, 6.45) is -4.10. The summed E-state index contributed by atoms with van der Waals surface area (Å²) in [5, 5.41) is 0. The molecule has 4 rings (SSSR count). The smallest absolute Gasteiger partial charge is 0.416 e. The minimum absolute atomic E-state index is 0.00612. The Morgan fingerprint density at radius 1 is 0.833 bits per heavy atom. The normalized spacial score (nSPS) is 13.5. The van der Waals surface area contributed by atoms with Crippen molar-refractivity contribution in [2.75, 3.05) is 33.8 Å². The number of fused-ring (bicyclic) bond motifs is 3. The number of hydrogen-bond donors (Lipinski definition) is 0. The average Bonchev–Trinajstić information content (AvgIpc) is 3.42. The molecule has 0 aliphatic heterocycles. The summed E-state index contributed by atoms with van der Waals surface area (Å²) in [7, 11) is 2.80. The number of carbonyl (C=O) groups excluding carboxylic acids is 4. The van der Waals surface area contributed by atoms with Crippen LogP contribution >= 0.6 is 0 Å². The Morgan fingerprint density at radius 2 is 1.39 bits per heavy atom. The maximum atomic E-state index is 14.6. The van der Waals surface area contributed by atoms with Crippen LogP contribution in [0.2, 0.25) is 0 Å². The maximum absolute atomic E-state index is 14.6. The van der Waals surface area contributed by atoms with Crippen LogP contribution in [0.25, 0.3) is 11.1 Å². The van der Waals surface area contributed by atoms with E-state index in [4.69, 9.17) is 9.47 Å². The van der Waals surface area contributed by atoms with Crippen molar-refractivity contribution in [1.29, 1.82) is 0 Å². The van der Waals surface area contributed by atoms with E-state index in [1.807, 2.05) is 48.5 Å². The number of amides is 3. The molecular formula is C42H48F3N3O6. The highest BCUT2D eigenvalue weighted by molar-refractivity contribution is 5.93. The second kappa shape index (κ2) is 17.2. The van der Waals surface area contributed by atoms with Gasteiger partial charge in [0.05, 0.1) is 5.56 Å². The lowest BCUT2D eigenvalue weighted by Crippen LogP contribution is -2.57. The molecule has 3 aromatic rings. The standard InChI is InChI=1S/C42H48F3N3O6/c1-9-14-35(47(8)40(52)53-26-34-32-17-12-10-15-30(32)31-16-11-13-18-33(31)34)39(51)48(24-27(2)3)36(23-28-19-21-29(22-20-28)42(43,44)45)38(50)46(7)25-37(49)54-41(4,5)6/h9-13,15-22,34-36H,1-2,14,23-26H2,3-8H3/t35-,36-/m0/s1. The molecule has 0 spiro atoms. The van der Waals surface area contributed by atoms with Gasteiger partial charge in [-0.2, -0.15) is 13.2 Å². The Hall–Kier alpha value is -5.39. The van der Waals surface area contributed by atoms with Gasteiger partial charge in [0.2, 0.25) is 11.8 Å². The van der Waals surface area contributed by atoms with Gasteiger partial charge in [-0.05, 0) is 74.1 Å². The van der Waals surface area contributed by atoms with Gasteiger partial charge in [-0.3, -0.25) is 19.3 Å². The molecule has 3 amide bonds. The first-order valence-electron chi connectivity index (χ1n) is 17.6. The molecule has 2 atom stereocenters. The van der Waals surface area contributed by atoms with Crippen LogP contribution in [0.5, 0.6) is 0 Å². The first kappa shape index (κ1) is 41.4. The lowest BCUT2D eigenvalue weighted by atomic mass is 9.98. The van der Waals surface area contributed by atoms with Gasteiger partial charge in [0.1, 0.15) is 30.8 Å². The van der Waals surface area contributed by atoms with Crippen molar-refractivity contribution in [1.82, 2.24) is 14.7 Å². The monoisotopic (exact) mass is 747 g/mol. The summed E-state index contributed by atoms with van der Waals surface area (Å²) in [6.45, 7) is 13.8. The van der Waals surface area contributed by atoms with Gasteiger partial charge in [0.25, 0.3) is 0 Å². The van der Waals surface area contributed by atoms with Gasteiger partial charge < -0.3 is 19.3 Å². The summed E-state index contributed by atoms with van der Waals surface area (Å²) in [6, 6.07) is 17.5. The highest BCUT2D eigenvalue weighted by Crippen LogP contribution is 2.44. The Kier molecular flexibility index (Phi) is 13.2. The summed E-state index contributed by atoms with van der Waals surface area (Å²) >= 11 is 0. The van der Waals surface area contributed by atoms with Crippen LogP contribution in [0, 0.1) is 0 Å². The van der Waals surface area contributed by atoms with E-state index >= 15 is 0 Å². The highest BCUT2D eigenvalue weighted by atomic mass is 19.4. The van der Waals surface area contributed by atoms with Crippen molar-refractivity contribution in [2.45, 2.75) is 70.3 Å². The molecule has 1 aliphatic carbocycles. The first-order chi connectivity index (χ1) is 25.3. The molecule has 0 heterocycles. The molecule has 9 nitrogen and oxygen atoms in total. The van der Waals surface area contributed by atoms with Crippen molar-refractivity contribution in [3.8, 4) is 11.1 Å². The van der Waals surface area contributed by atoms with Crippen LogP contribution in [0.1, 0.15) is 62.3 Å². The molecule has 0 saturated heterocycles. The second-order valence-corrected chi connectivity index (χ2v) is 14.6. The van der Waals surface area contributed by atoms with E-state index in [1.165, 1.54) is 37.2 Å². The largest absolute Gasteiger partial charge is 0.459 e. The maximum Gasteiger partial charge on any atom is 0.416 e. The molecule has 0 fully saturated rings. The van der Waals surface area contributed by atoms with Gasteiger partial charge in [0.15, 0.2) is 0 Å². The van der Waals surface area contributed by atoms with Crippen molar-refractivity contribution in [3.05, 3.63) is 120 Å². The van der Waals surface area contributed by atoms with Crippen LogP contribution < -0.4 is 0 Å². The molecular weight excluding hydrogens is 699 g/mol. The SMILES string of the molecule is C=CC[C@@H](C(=O)N(CC(=C)C)[C@@H](Cc1ccc(C(F)(F)F)cc1)C(=O)N(C)CC(=O)OC(C)(C)C)N(C)C(=O)OCC1c2ccccc2-c2ccccc21. The average molecular weight is 748 g/mol. The number of likely N-dealkylation sites (N-methyl/N-ethyl adjacent to an activating group) is 2. The van der Waals surface area contributed by atoms with E-state index < -0.39 is 59.8 Å². The predicted octanol–water partition coefficient (Wildman–Crippen LogP) is 7.65. The van der Waals surface area contributed by atoms with Crippen molar-refractivity contribution in [3.63, 3.8) is 0 Å². The quantitative estimate of drug-likeness (QED) is 0.124. The zero-order valence-corrected chi connectivity index (χ0v) is 31.6. The molecule has 1 aliphatic rings. The minimum Gasteiger partial charge on any atom is -0.459 e. The van der Waals surface area contributed by atoms with Crippen LogP contribution in [-0.2, 0) is 36.5 Å². The van der Waals surface area contributed by atoms with Crippen LogP contribution in [-0.4, -0.2) is 90.1 Å². The number of carbonyl (C=O) groups is 4. The summed E-state index contributed by atoms with van der Waals surface area (Å²) in [5.41, 5.74) is 3.25. The molecule has 3 aromatic carbocycles. The van der Waals surface area contributed by atoms with Crippen molar-refractivity contribution >= 4 is 23.9 Å². The number of halogens is 3. The summed E-state index contributed by atoms with van der Waals surface area (Å²) in [5.74, 6) is -2.24. The van der Waals surface area contributed by atoms with Crippen LogP contribution in [0.15, 0.2) is 97.6 Å². The minimum atomic E-state index is -4.58. The van der Waals surface area contributed by atoms with Gasteiger partial charge in [-0.25, -0.2) is 4.79 Å². The topological polar surface area (TPSA) is 96.5 Å². The number of alkyl halides is 3. The molecule has 0 bridgehead atoms. The fourth-order valence-electron chi connectivity index (χ4n) is 6.51. The molecule has 0 saturated carbocycles. The van der Waals surface area contributed by atoms with E-state index in [1.54, 1.807) is 27.7 Å². The predicted molar refractivity (Wildman–Crippen MR) is 200 cm³/mol. The van der Waals surface area contributed by atoms with Gasteiger partial charge >= 0.3 is 18.2 Å².